The van der Waals surface area contributed by atoms with Gasteiger partial charge >= 0.3 is 0 Å². The van der Waals surface area contributed by atoms with E-state index < -0.39 is 0 Å². The zero-order chi connectivity index (χ0) is 7.44. The highest BCUT2D eigenvalue weighted by Gasteiger charge is 1.98. The van der Waals surface area contributed by atoms with Gasteiger partial charge in [-0.1, -0.05) is 7.43 Å². The number of nitrogens with one attached hydrogen (secondary N) is 2. The zero-order valence-electron chi connectivity index (χ0n) is 5.73. The van der Waals surface area contributed by atoms with E-state index in [2.05, 4.69) is 0 Å². The Balaban J connectivity index is 0. The van der Waals surface area contributed by atoms with Crippen molar-refractivity contribution in [3.05, 3.63) is 0 Å². The molecule has 0 rings (SSSR count). The first-order valence-electron chi connectivity index (χ1n) is 2.61. The minimum Gasteiger partial charge on any atom is -0.387 e. The van der Waals surface area contributed by atoms with Crippen molar-refractivity contribution in [2.75, 3.05) is 14.1 Å². The molecule has 0 unspecified atom stereocenters. The molecule has 4 nitrogen and oxygen atoms in total. The summed E-state index contributed by atoms with van der Waals surface area (Å²) in [6, 6.07) is 0. The van der Waals surface area contributed by atoms with Crippen molar-refractivity contribution in [1.82, 2.24) is 4.90 Å². The summed E-state index contributed by atoms with van der Waals surface area (Å²) >= 11 is 0. The fourth-order valence-electron chi connectivity index (χ4n) is 0.339. The van der Waals surface area contributed by atoms with E-state index in [1.54, 1.807) is 19.0 Å². The molecule has 0 aromatic carbocycles. The summed E-state index contributed by atoms with van der Waals surface area (Å²) in [5, 5.41) is 14.0. The normalized spacial score (nSPS) is 7.80. The first kappa shape index (κ1) is 11.7. The molecule has 0 fully saturated rings. The number of nitrogens with two attached hydrogens (primary N) is 1. The predicted octanol–water partition coefficient (Wildman–Crippen LogP) is 0.487. The van der Waals surface area contributed by atoms with Crippen LogP contribution in [0.15, 0.2) is 0 Å². The van der Waals surface area contributed by atoms with Gasteiger partial charge < -0.3 is 10.6 Å². The van der Waals surface area contributed by atoms with Crippen molar-refractivity contribution in [2.45, 2.75) is 13.8 Å². The van der Waals surface area contributed by atoms with E-state index in [1.165, 1.54) is 0 Å². The highest BCUT2D eigenvalue weighted by Crippen LogP contribution is 1.84. The van der Waals surface area contributed by atoms with E-state index in [4.69, 9.17) is 16.6 Å². The highest BCUT2D eigenvalue weighted by atomic mass is 15.1. The minimum absolute atomic E-state index is 0. The lowest BCUT2D eigenvalue weighted by molar-refractivity contribution is 0.608. The van der Waals surface area contributed by atoms with Gasteiger partial charge in [-0.05, 0) is 0 Å². The van der Waals surface area contributed by atoms with Gasteiger partial charge in [0, 0.05) is 14.1 Å². The average molecular weight is 144 g/mol. The Morgan fingerprint density at radius 1 is 1.40 bits per heavy atom. The molecular weight excluding hydrogens is 128 g/mol. The van der Waals surface area contributed by atoms with E-state index in [0.29, 0.717) is 5.84 Å². The average Bonchev–Trinajstić information content (AvgIpc) is 1.63. The molecule has 60 valence electrons. The molecule has 0 heterocycles. The Morgan fingerprint density at radius 3 is 1.90 bits per heavy atom. The first-order valence-corrected chi connectivity index (χ1v) is 2.61. The molecule has 10 heavy (non-hydrogen) atoms. The molecule has 4 heteroatoms. The molecule has 0 aliphatic carbocycles. The van der Waals surface area contributed by atoms with E-state index >= 15 is 0 Å². The van der Waals surface area contributed by atoms with Crippen LogP contribution >= 0.6 is 0 Å². The summed E-state index contributed by atoms with van der Waals surface area (Å²) in [7, 11) is 3.51. The second-order valence-electron chi connectivity index (χ2n) is 2.04. The van der Waals surface area contributed by atoms with Crippen molar-refractivity contribution in [1.29, 1.82) is 10.8 Å². The Kier molecular flexibility index (Phi) is 5.60. The monoisotopic (exact) mass is 144 g/mol. The third kappa shape index (κ3) is 5.08. The van der Waals surface area contributed by atoms with E-state index in [9.17, 15) is 0 Å². The second kappa shape index (κ2) is 4.78. The van der Waals surface area contributed by atoms with Crippen LogP contribution < -0.4 is 5.73 Å². The lowest BCUT2D eigenvalue weighted by Gasteiger charge is -2.11. The molecule has 0 aliphatic heterocycles. The van der Waals surface area contributed by atoms with Crippen molar-refractivity contribution in [2.24, 2.45) is 5.73 Å². The molecule has 0 saturated carbocycles. The number of hydrogen-bond acceptors (Lipinski definition) is 2. The maximum Gasteiger partial charge on any atom is 0.103 e. The van der Waals surface area contributed by atoms with Gasteiger partial charge in [-0.3, -0.25) is 10.8 Å². The maximum atomic E-state index is 7.18. The smallest absolute Gasteiger partial charge is 0.103 e. The maximum absolute atomic E-state index is 7.18. The summed E-state index contributed by atoms with van der Waals surface area (Å²) in [6.45, 7) is 0. The Hall–Kier alpha value is -1.06. The largest absolute Gasteiger partial charge is 0.387 e. The Labute approximate surface area is 62.0 Å². The lowest BCUT2D eigenvalue weighted by Crippen LogP contribution is -2.26. The van der Waals surface area contributed by atoms with Crippen LogP contribution in [0.1, 0.15) is 13.8 Å². The van der Waals surface area contributed by atoms with Crippen LogP contribution in [0.2, 0.25) is 0 Å². The van der Waals surface area contributed by atoms with Gasteiger partial charge in [0.05, 0.1) is 12.3 Å². The van der Waals surface area contributed by atoms with Crippen LogP contribution in [0.25, 0.3) is 0 Å². The summed E-state index contributed by atoms with van der Waals surface area (Å²) in [5.74, 6) is 0.399. The van der Waals surface area contributed by atoms with Crippen molar-refractivity contribution >= 4 is 11.7 Å². The van der Waals surface area contributed by atoms with Crippen LogP contribution in [0.3, 0.4) is 0 Å². The SMILES string of the molecule is C.CN(C)C(=N)CC(=N)N. The molecule has 0 radical (unpaired) electrons. The quantitative estimate of drug-likeness (QED) is 0.389. The number of amidine groups is 2. The van der Waals surface area contributed by atoms with Crippen molar-refractivity contribution in [3.63, 3.8) is 0 Å². The standard InChI is InChI=1S/C5H12N4.CH4/c1-9(2)5(8)3-4(6)7;/h8H,3H2,1-2H3,(H3,6,7);1H4. The number of nitrogens with zero attached hydrogens (tertiary/aromatic N) is 1. The van der Waals surface area contributed by atoms with E-state index in [0.717, 1.165) is 0 Å². The fourth-order valence-corrected chi connectivity index (χ4v) is 0.339. The molecule has 0 aromatic heterocycles. The molecule has 0 aromatic rings. The predicted molar refractivity (Wildman–Crippen MR) is 44.7 cm³/mol. The van der Waals surface area contributed by atoms with Crippen LogP contribution in [0, 0.1) is 10.8 Å². The van der Waals surface area contributed by atoms with Gasteiger partial charge in [-0.2, -0.15) is 0 Å². The number of rotatable bonds is 2. The summed E-state index contributed by atoms with van der Waals surface area (Å²) < 4.78 is 0. The van der Waals surface area contributed by atoms with Crippen molar-refractivity contribution in [3.8, 4) is 0 Å². The summed E-state index contributed by atoms with van der Waals surface area (Å²) in [6.07, 6.45) is 0.243. The molecule has 0 aliphatic rings. The lowest BCUT2D eigenvalue weighted by atomic mass is 10.3. The van der Waals surface area contributed by atoms with E-state index in [1.807, 2.05) is 0 Å². The topological polar surface area (TPSA) is 77.0 Å². The van der Waals surface area contributed by atoms with Crippen LogP contribution in [0.4, 0.5) is 0 Å². The van der Waals surface area contributed by atoms with Gasteiger partial charge in [0.25, 0.3) is 0 Å². The number of hydrogen-bond donors (Lipinski definition) is 3. The molecule has 0 atom stereocenters. The van der Waals surface area contributed by atoms with Crippen LogP contribution in [-0.2, 0) is 0 Å². The van der Waals surface area contributed by atoms with E-state index in [-0.39, 0.29) is 19.7 Å². The third-order valence-electron chi connectivity index (χ3n) is 0.898. The summed E-state index contributed by atoms with van der Waals surface area (Å²) in [4.78, 5) is 1.63. The third-order valence-corrected chi connectivity index (χ3v) is 0.898. The minimum atomic E-state index is 0. The molecule has 0 bridgehead atoms. The van der Waals surface area contributed by atoms with Crippen LogP contribution in [0.5, 0.6) is 0 Å². The molecular formula is C6H16N4. The Morgan fingerprint density at radius 2 is 1.80 bits per heavy atom. The fraction of sp³-hybridized carbons (Fsp3) is 0.667. The highest BCUT2D eigenvalue weighted by molar-refractivity contribution is 5.98. The van der Waals surface area contributed by atoms with Gasteiger partial charge in [0.15, 0.2) is 0 Å². The van der Waals surface area contributed by atoms with Gasteiger partial charge in [0.2, 0.25) is 0 Å². The molecule has 4 N–H and O–H groups in total. The molecule has 0 spiro atoms. The first-order chi connectivity index (χ1) is 4.04. The zero-order valence-corrected chi connectivity index (χ0v) is 5.73. The van der Waals surface area contributed by atoms with Gasteiger partial charge in [0.1, 0.15) is 5.84 Å². The molecule has 0 saturated heterocycles. The van der Waals surface area contributed by atoms with Crippen molar-refractivity contribution < 1.29 is 0 Å². The van der Waals surface area contributed by atoms with Gasteiger partial charge in [-0.25, -0.2) is 0 Å². The van der Waals surface area contributed by atoms with Gasteiger partial charge in [-0.15, -0.1) is 0 Å². The molecule has 0 amide bonds. The van der Waals surface area contributed by atoms with Crippen LogP contribution in [-0.4, -0.2) is 30.7 Å². The Bertz CT molecular complexity index is 128. The summed E-state index contributed by atoms with van der Waals surface area (Å²) in [5.41, 5.74) is 5.05. The second-order valence-corrected chi connectivity index (χ2v) is 2.04.